The second-order valence-electron chi connectivity index (χ2n) is 5.20. The lowest BCUT2D eigenvalue weighted by atomic mass is 10.1. The van der Waals surface area contributed by atoms with Crippen molar-refractivity contribution in [3.63, 3.8) is 0 Å². The Morgan fingerprint density at radius 2 is 1.83 bits per heavy atom. The Hall–Kier alpha value is -2.41. The minimum absolute atomic E-state index is 0.0870. The number of carbonyl (C=O) groups is 3. The predicted molar refractivity (Wildman–Crippen MR) is 84.2 cm³/mol. The zero-order chi connectivity index (χ0) is 16.8. The molecule has 0 fully saturated rings. The monoisotopic (exact) mass is 319 g/mol. The van der Waals surface area contributed by atoms with E-state index in [1.54, 1.807) is 24.3 Å². The second kappa shape index (κ2) is 7.73. The molecule has 0 aliphatic carbocycles. The van der Waals surface area contributed by atoms with Gasteiger partial charge in [0.05, 0.1) is 17.7 Å². The summed E-state index contributed by atoms with van der Waals surface area (Å²) in [5.74, 6) is -0.570. The van der Waals surface area contributed by atoms with E-state index in [0.717, 1.165) is 0 Å². The fraction of sp³-hybridized carbons (Fsp3) is 0.438. The number of nitrogens with one attached hydrogen (secondary N) is 1. The van der Waals surface area contributed by atoms with Crippen molar-refractivity contribution in [2.24, 2.45) is 0 Å². The maximum Gasteiger partial charge on any atom is 0.317 e. The molecule has 1 aliphatic heterocycles. The van der Waals surface area contributed by atoms with Gasteiger partial charge in [-0.2, -0.15) is 0 Å². The van der Waals surface area contributed by atoms with E-state index in [1.807, 2.05) is 6.92 Å². The summed E-state index contributed by atoms with van der Waals surface area (Å²) in [7, 11) is 0. The first-order chi connectivity index (χ1) is 11.1. The first-order valence-electron chi connectivity index (χ1n) is 7.69. The number of aliphatic hydroxyl groups excluding tert-OH is 1. The van der Waals surface area contributed by atoms with E-state index in [-0.39, 0.29) is 37.5 Å². The molecular weight excluding hydrogens is 298 g/mol. The summed E-state index contributed by atoms with van der Waals surface area (Å²) in [6, 6.07) is 6.49. The third-order valence-electron chi connectivity index (χ3n) is 3.75. The van der Waals surface area contributed by atoms with Crippen molar-refractivity contribution in [1.29, 1.82) is 0 Å². The largest absolute Gasteiger partial charge is 0.395 e. The highest BCUT2D eigenvalue weighted by molar-refractivity contribution is 6.21. The van der Waals surface area contributed by atoms with Crippen LogP contribution in [0.4, 0.5) is 4.79 Å². The van der Waals surface area contributed by atoms with Crippen LogP contribution in [0, 0.1) is 0 Å². The summed E-state index contributed by atoms with van der Waals surface area (Å²) in [4.78, 5) is 38.8. The molecule has 0 aromatic heterocycles. The van der Waals surface area contributed by atoms with Crippen LogP contribution in [-0.4, -0.2) is 65.5 Å². The van der Waals surface area contributed by atoms with Gasteiger partial charge in [0.15, 0.2) is 0 Å². The first kappa shape index (κ1) is 17.0. The molecule has 2 N–H and O–H groups in total. The van der Waals surface area contributed by atoms with E-state index >= 15 is 0 Å². The van der Waals surface area contributed by atoms with Gasteiger partial charge in [-0.25, -0.2) is 4.79 Å². The van der Waals surface area contributed by atoms with Crippen molar-refractivity contribution >= 4 is 17.8 Å². The molecule has 0 bridgehead atoms. The van der Waals surface area contributed by atoms with E-state index in [9.17, 15) is 14.4 Å². The molecule has 124 valence electrons. The molecule has 7 nitrogen and oxygen atoms in total. The summed E-state index contributed by atoms with van der Waals surface area (Å²) in [5.41, 5.74) is 0.864. The third kappa shape index (κ3) is 3.68. The molecule has 4 amide bonds. The first-order valence-corrected chi connectivity index (χ1v) is 7.69. The Labute approximate surface area is 134 Å². The Balaban J connectivity index is 1.81. The molecule has 0 spiro atoms. The second-order valence-corrected chi connectivity index (χ2v) is 5.20. The fourth-order valence-electron chi connectivity index (χ4n) is 2.51. The van der Waals surface area contributed by atoms with Crippen molar-refractivity contribution in [2.75, 3.05) is 32.8 Å². The third-order valence-corrected chi connectivity index (χ3v) is 3.75. The van der Waals surface area contributed by atoms with Gasteiger partial charge in [0.1, 0.15) is 0 Å². The lowest BCUT2D eigenvalue weighted by Crippen LogP contribution is -2.42. The van der Waals surface area contributed by atoms with Crippen molar-refractivity contribution in [1.82, 2.24) is 15.1 Å². The molecule has 0 radical (unpaired) electrons. The molecule has 0 saturated heterocycles. The lowest BCUT2D eigenvalue weighted by molar-refractivity contribution is 0.0653. The highest BCUT2D eigenvalue weighted by atomic mass is 16.3. The van der Waals surface area contributed by atoms with Gasteiger partial charge in [-0.3, -0.25) is 14.5 Å². The Morgan fingerprint density at radius 1 is 1.22 bits per heavy atom. The summed E-state index contributed by atoms with van der Waals surface area (Å²) in [6.07, 6.45) is 0.480. The zero-order valence-corrected chi connectivity index (χ0v) is 13.1. The van der Waals surface area contributed by atoms with Gasteiger partial charge in [-0.05, 0) is 25.5 Å². The number of amides is 4. The molecular formula is C16H21N3O4. The van der Waals surface area contributed by atoms with Crippen molar-refractivity contribution in [3.8, 4) is 0 Å². The quantitative estimate of drug-likeness (QED) is 0.572. The van der Waals surface area contributed by atoms with Gasteiger partial charge in [-0.1, -0.05) is 12.1 Å². The number of aliphatic hydroxyl groups is 1. The molecule has 0 saturated carbocycles. The molecule has 7 heteroatoms. The zero-order valence-electron chi connectivity index (χ0n) is 13.1. The van der Waals surface area contributed by atoms with Gasteiger partial charge in [0.2, 0.25) is 0 Å². The number of urea groups is 1. The molecule has 1 aliphatic rings. The van der Waals surface area contributed by atoms with Crippen LogP contribution in [0.15, 0.2) is 24.3 Å². The van der Waals surface area contributed by atoms with Crippen molar-refractivity contribution in [3.05, 3.63) is 35.4 Å². The van der Waals surface area contributed by atoms with E-state index in [4.69, 9.17) is 5.11 Å². The Morgan fingerprint density at radius 3 is 2.35 bits per heavy atom. The maximum absolute atomic E-state index is 12.2. The minimum Gasteiger partial charge on any atom is -0.395 e. The predicted octanol–water partition coefficient (Wildman–Crippen LogP) is 0.697. The SMILES string of the molecule is CCN(CCO)C(=O)NCCCN1C(=O)c2ccccc2C1=O. The molecule has 0 unspecified atom stereocenters. The van der Waals surface area contributed by atoms with Crippen LogP contribution in [0.3, 0.4) is 0 Å². The summed E-state index contributed by atoms with van der Waals surface area (Å²) >= 11 is 0. The lowest BCUT2D eigenvalue weighted by Gasteiger charge is -2.20. The van der Waals surface area contributed by atoms with Crippen molar-refractivity contribution in [2.45, 2.75) is 13.3 Å². The summed E-state index contributed by atoms with van der Waals surface area (Å²) in [6.45, 7) is 3.14. The van der Waals surface area contributed by atoms with E-state index in [0.29, 0.717) is 30.6 Å². The number of rotatable bonds is 7. The number of likely N-dealkylation sites (N-methyl/N-ethyl adjacent to an activating group) is 1. The van der Waals surface area contributed by atoms with Crippen LogP contribution >= 0.6 is 0 Å². The average Bonchev–Trinajstić information content (AvgIpc) is 2.81. The number of hydrogen-bond donors (Lipinski definition) is 2. The molecule has 2 rings (SSSR count). The molecule has 23 heavy (non-hydrogen) atoms. The fourth-order valence-corrected chi connectivity index (χ4v) is 2.51. The number of nitrogens with zero attached hydrogens (tertiary/aromatic N) is 2. The number of fused-ring (bicyclic) bond motifs is 1. The van der Waals surface area contributed by atoms with E-state index in [1.165, 1.54) is 9.80 Å². The number of benzene rings is 1. The molecule has 0 atom stereocenters. The highest BCUT2D eigenvalue weighted by Crippen LogP contribution is 2.22. The van der Waals surface area contributed by atoms with Crippen LogP contribution in [0.2, 0.25) is 0 Å². The maximum atomic E-state index is 12.2. The highest BCUT2D eigenvalue weighted by Gasteiger charge is 2.34. The minimum atomic E-state index is -0.285. The van der Waals surface area contributed by atoms with Crippen LogP contribution in [0.5, 0.6) is 0 Å². The normalized spacial score (nSPS) is 13.2. The van der Waals surface area contributed by atoms with Crippen LogP contribution in [0.1, 0.15) is 34.1 Å². The van der Waals surface area contributed by atoms with Crippen LogP contribution in [-0.2, 0) is 0 Å². The van der Waals surface area contributed by atoms with Crippen molar-refractivity contribution < 1.29 is 19.5 Å². The number of carbonyl (C=O) groups excluding carboxylic acids is 3. The molecule has 1 aromatic carbocycles. The smallest absolute Gasteiger partial charge is 0.317 e. The number of hydrogen-bond acceptors (Lipinski definition) is 4. The van der Waals surface area contributed by atoms with E-state index < -0.39 is 0 Å². The van der Waals surface area contributed by atoms with Gasteiger partial charge < -0.3 is 15.3 Å². The molecule has 1 heterocycles. The standard InChI is InChI=1S/C16H21N3O4/c1-2-18(10-11-20)16(23)17-8-5-9-19-14(21)12-6-3-4-7-13(12)15(19)22/h3-4,6-7,20H,2,5,8-11H2,1H3,(H,17,23). The van der Waals surface area contributed by atoms with Gasteiger partial charge >= 0.3 is 6.03 Å². The summed E-state index contributed by atoms with van der Waals surface area (Å²) < 4.78 is 0. The van der Waals surface area contributed by atoms with Crippen LogP contribution < -0.4 is 5.32 Å². The summed E-state index contributed by atoms with van der Waals surface area (Å²) in [5, 5.41) is 11.6. The van der Waals surface area contributed by atoms with Gasteiger partial charge in [0, 0.05) is 26.2 Å². The van der Waals surface area contributed by atoms with Crippen LogP contribution in [0.25, 0.3) is 0 Å². The number of imide groups is 1. The topological polar surface area (TPSA) is 89.9 Å². The Kier molecular flexibility index (Phi) is 5.70. The Bertz CT molecular complexity index is 568. The van der Waals surface area contributed by atoms with E-state index in [2.05, 4.69) is 5.32 Å². The molecule has 1 aromatic rings. The van der Waals surface area contributed by atoms with Gasteiger partial charge in [-0.15, -0.1) is 0 Å². The average molecular weight is 319 g/mol. The van der Waals surface area contributed by atoms with Gasteiger partial charge in [0.25, 0.3) is 11.8 Å².